The van der Waals surface area contributed by atoms with Crippen molar-refractivity contribution < 1.29 is 4.79 Å². The van der Waals surface area contributed by atoms with Gasteiger partial charge in [0.15, 0.2) is 0 Å². The van der Waals surface area contributed by atoms with E-state index in [-0.39, 0.29) is 18.0 Å². The molecule has 1 amide bonds. The number of aromatic nitrogens is 1. The van der Waals surface area contributed by atoms with E-state index in [4.69, 9.17) is 0 Å². The van der Waals surface area contributed by atoms with E-state index in [1.165, 1.54) is 6.42 Å². The molecule has 1 aliphatic heterocycles. The molecule has 2 aliphatic rings. The first kappa shape index (κ1) is 11.7. The van der Waals surface area contributed by atoms with Gasteiger partial charge in [0.2, 0.25) is 5.91 Å². The van der Waals surface area contributed by atoms with Crippen molar-refractivity contribution in [1.29, 1.82) is 0 Å². The van der Waals surface area contributed by atoms with Gasteiger partial charge in [-0.25, -0.2) is 0 Å². The maximum atomic E-state index is 12.6. The van der Waals surface area contributed by atoms with Crippen molar-refractivity contribution in [2.75, 3.05) is 11.9 Å². The number of hydrogen-bond acceptors (Lipinski definition) is 3. The average molecular weight is 245 g/mol. The summed E-state index contributed by atoms with van der Waals surface area (Å²) in [5.74, 6) is 1.56. The smallest absolute Gasteiger partial charge is 0.244 e. The summed E-state index contributed by atoms with van der Waals surface area (Å²) in [7, 11) is 1.87. The molecule has 3 rings (SSSR count). The second-order valence-electron chi connectivity index (χ2n) is 5.40. The lowest BCUT2D eigenvalue weighted by Gasteiger charge is -2.30. The molecule has 1 aromatic rings. The summed E-state index contributed by atoms with van der Waals surface area (Å²) in [4.78, 5) is 18.7. The fourth-order valence-electron chi connectivity index (χ4n) is 3.20. The number of amides is 1. The van der Waals surface area contributed by atoms with Crippen molar-refractivity contribution in [3.63, 3.8) is 0 Å². The minimum atomic E-state index is -0.0508. The minimum absolute atomic E-state index is 0.0508. The highest BCUT2D eigenvalue weighted by atomic mass is 16.2. The fraction of sp³-hybridized carbons (Fsp3) is 0.571. The second-order valence-corrected chi connectivity index (χ2v) is 5.40. The van der Waals surface area contributed by atoms with Gasteiger partial charge in [-0.2, -0.15) is 0 Å². The lowest BCUT2D eigenvalue weighted by molar-refractivity contribution is -0.120. The van der Waals surface area contributed by atoms with Crippen LogP contribution in [0.1, 0.15) is 19.8 Å². The Bertz CT molecular complexity index is 448. The molecule has 4 unspecified atom stereocenters. The van der Waals surface area contributed by atoms with Gasteiger partial charge in [0.1, 0.15) is 0 Å². The molecule has 2 heterocycles. The van der Waals surface area contributed by atoms with E-state index in [9.17, 15) is 4.79 Å². The number of pyridine rings is 1. The maximum absolute atomic E-state index is 12.6. The largest absolute Gasteiger partial charge is 0.309 e. The lowest BCUT2D eigenvalue weighted by atomic mass is 10.1. The Hall–Kier alpha value is -1.42. The van der Waals surface area contributed by atoms with E-state index in [2.05, 4.69) is 17.2 Å². The van der Waals surface area contributed by atoms with Gasteiger partial charge < -0.3 is 10.2 Å². The molecule has 18 heavy (non-hydrogen) atoms. The van der Waals surface area contributed by atoms with E-state index >= 15 is 0 Å². The minimum Gasteiger partial charge on any atom is -0.309 e. The number of likely N-dealkylation sites (N-methyl/N-ethyl adjacent to an activating group) is 1. The SMILES string of the molecule is CNC1CC2CC2C(C)N(c2cccnc2)C1=O. The highest BCUT2D eigenvalue weighted by Gasteiger charge is 2.50. The Kier molecular flexibility index (Phi) is 2.82. The normalized spacial score (nSPS) is 35.0. The number of rotatable bonds is 2. The molecule has 4 nitrogen and oxygen atoms in total. The standard InChI is InChI=1S/C14H19N3O/c1-9-12-6-10(12)7-13(15-2)14(18)17(9)11-4-3-5-16-8-11/h3-5,8-10,12-13,15H,6-7H2,1-2H3. The number of carbonyl (C=O) groups is 1. The molecule has 4 heteroatoms. The summed E-state index contributed by atoms with van der Waals surface area (Å²) in [6.07, 6.45) is 5.75. The molecule has 0 bridgehead atoms. The Morgan fingerprint density at radius 1 is 1.44 bits per heavy atom. The van der Waals surface area contributed by atoms with Crippen LogP contribution in [0, 0.1) is 11.8 Å². The van der Waals surface area contributed by atoms with Gasteiger partial charge in [-0.3, -0.25) is 9.78 Å². The summed E-state index contributed by atoms with van der Waals surface area (Å²) in [6.45, 7) is 2.16. The van der Waals surface area contributed by atoms with Gasteiger partial charge in [-0.05, 0) is 50.8 Å². The Morgan fingerprint density at radius 2 is 2.28 bits per heavy atom. The van der Waals surface area contributed by atoms with Crippen molar-refractivity contribution in [2.45, 2.75) is 31.8 Å². The van der Waals surface area contributed by atoms with Crippen LogP contribution in [0.4, 0.5) is 5.69 Å². The van der Waals surface area contributed by atoms with Crippen LogP contribution in [0.5, 0.6) is 0 Å². The van der Waals surface area contributed by atoms with Crippen molar-refractivity contribution >= 4 is 11.6 Å². The van der Waals surface area contributed by atoms with E-state index in [0.29, 0.717) is 11.8 Å². The Morgan fingerprint density at radius 3 is 2.94 bits per heavy atom. The number of nitrogens with one attached hydrogen (secondary N) is 1. The molecular formula is C14H19N3O. The van der Waals surface area contributed by atoms with Gasteiger partial charge in [0.05, 0.1) is 17.9 Å². The van der Waals surface area contributed by atoms with Crippen LogP contribution in [0.2, 0.25) is 0 Å². The summed E-state index contributed by atoms with van der Waals surface area (Å²) in [6, 6.07) is 4.09. The molecule has 1 aliphatic carbocycles. The molecule has 0 aromatic carbocycles. The zero-order valence-corrected chi connectivity index (χ0v) is 10.8. The Labute approximate surface area is 107 Å². The fourth-order valence-corrected chi connectivity index (χ4v) is 3.20. The summed E-state index contributed by atoms with van der Waals surface area (Å²) in [5, 5.41) is 3.16. The van der Waals surface area contributed by atoms with E-state index in [1.807, 2.05) is 24.1 Å². The molecule has 1 N–H and O–H groups in total. The van der Waals surface area contributed by atoms with Crippen LogP contribution in [0.25, 0.3) is 0 Å². The van der Waals surface area contributed by atoms with Crippen LogP contribution < -0.4 is 10.2 Å². The van der Waals surface area contributed by atoms with Gasteiger partial charge in [-0.15, -0.1) is 0 Å². The predicted octanol–water partition coefficient (Wildman–Crippen LogP) is 1.43. The number of nitrogens with zero attached hydrogens (tertiary/aromatic N) is 2. The van der Waals surface area contributed by atoms with Gasteiger partial charge in [-0.1, -0.05) is 0 Å². The summed E-state index contributed by atoms with van der Waals surface area (Å²) < 4.78 is 0. The van der Waals surface area contributed by atoms with Gasteiger partial charge in [0.25, 0.3) is 0 Å². The molecule has 0 radical (unpaired) electrons. The zero-order valence-electron chi connectivity index (χ0n) is 10.8. The van der Waals surface area contributed by atoms with Crippen molar-refractivity contribution in [3.8, 4) is 0 Å². The molecule has 1 saturated heterocycles. The summed E-state index contributed by atoms with van der Waals surface area (Å²) >= 11 is 0. The molecule has 2 fully saturated rings. The number of fused-ring (bicyclic) bond motifs is 1. The monoisotopic (exact) mass is 245 g/mol. The molecule has 1 saturated carbocycles. The number of hydrogen-bond donors (Lipinski definition) is 1. The molecule has 0 spiro atoms. The van der Waals surface area contributed by atoms with Gasteiger partial charge in [0, 0.05) is 12.2 Å². The molecule has 4 atom stereocenters. The predicted molar refractivity (Wildman–Crippen MR) is 70.2 cm³/mol. The molecule has 1 aromatic heterocycles. The third-order valence-corrected chi connectivity index (χ3v) is 4.35. The highest BCUT2D eigenvalue weighted by Crippen LogP contribution is 2.48. The quantitative estimate of drug-likeness (QED) is 0.857. The van der Waals surface area contributed by atoms with Gasteiger partial charge >= 0.3 is 0 Å². The van der Waals surface area contributed by atoms with E-state index in [1.54, 1.807) is 12.4 Å². The lowest BCUT2D eigenvalue weighted by Crippen LogP contribution is -2.48. The Balaban J connectivity index is 1.96. The topological polar surface area (TPSA) is 45.2 Å². The van der Waals surface area contributed by atoms with Crippen molar-refractivity contribution in [3.05, 3.63) is 24.5 Å². The molecule has 96 valence electrons. The molecular weight excluding hydrogens is 226 g/mol. The average Bonchev–Trinajstić information content (AvgIpc) is 3.16. The number of anilines is 1. The van der Waals surface area contributed by atoms with E-state index in [0.717, 1.165) is 12.1 Å². The highest BCUT2D eigenvalue weighted by molar-refractivity contribution is 5.98. The van der Waals surface area contributed by atoms with Crippen LogP contribution in [0.3, 0.4) is 0 Å². The van der Waals surface area contributed by atoms with Crippen molar-refractivity contribution in [1.82, 2.24) is 10.3 Å². The van der Waals surface area contributed by atoms with Crippen molar-refractivity contribution in [2.24, 2.45) is 11.8 Å². The van der Waals surface area contributed by atoms with Crippen LogP contribution >= 0.6 is 0 Å². The summed E-state index contributed by atoms with van der Waals surface area (Å²) in [5.41, 5.74) is 0.919. The van der Waals surface area contributed by atoms with Crippen LogP contribution in [0.15, 0.2) is 24.5 Å². The first-order valence-corrected chi connectivity index (χ1v) is 6.62. The third kappa shape index (κ3) is 1.81. The second kappa shape index (κ2) is 4.35. The first-order valence-electron chi connectivity index (χ1n) is 6.62. The maximum Gasteiger partial charge on any atom is 0.244 e. The first-order chi connectivity index (χ1) is 8.72. The van der Waals surface area contributed by atoms with Crippen LogP contribution in [-0.4, -0.2) is 30.0 Å². The third-order valence-electron chi connectivity index (χ3n) is 4.35. The van der Waals surface area contributed by atoms with Crippen LogP contribution in [-0.2, 0) is 4.79 Å². The number of carbonyl (C=O) groups excluding carboxylic acids is 1. The van der Waals surface area contributed by atoms with E-state index < -0.39 is 0 Å². The zero-order chi connectivity index (χ0) is 12.7.